The summed E-state index contributed by atoms with van der Waals surface area (Å²) in [4.78, 5) is 19.9. The van der Waals surface area contributed by atoms with Gasteiger partial charge in [0, 0.05) is 13.0 Å². The number of aliphatic hydroxyl groups excluding tert-OH is 1. The van der Waals surface area contributed by atoms with E-state index in [0.717, 1.165) is 6.42 Å². The fourth-order valence-corrected chi connectivity index (χ4v) is 2.00. The van der Waals surface area contributed by atoms with Crippen LogP contribution in [0.1, 0.15) is 84.0 Å². The molecular weight excluding hydrogens is 334 g/mol. The molecule has 0 aromatic rings. The van der Waals surface area contributed by atoms with Crippen molar-refractivity contribution in [2.75, 3.05) is 6.61 Å². The van der Waals surface area contributed by atoms with Crippen LogP contribution in [0.15, 0.2) is 0 Å². The van der Waals surface area contributed by atoms with E-state index in [2.05, 4.69) is 6.92 Å². The van der Waals surface area contributed by atoms with Gasteiger partial charge in [-0.2, -0.15) is 0 Å². The van der Waals surface area contributed by atoms with Crippen molar-refractivity contribution in [1.29, 1.82) is 0 Å². The first-order valence-corrected chi connectivity index (χ1v) is 8.76. The number of carbonyl (C=O) groups is 2. The van der Waals surface area contributed by atoms with Gasteiger partial charge in [0.05, 0.1) is 0 Å². The highest BCUT2D eigenvalue weighted by atomic mass is 35.5. The predicted octanol–water partition coefficient (Wildman–Crippen LogP) is 3.58. The van der Waals surface area contributed by atoms with Gasteiger partial charge >= 0.3 is 11.9 Å². The highest BCUT2D eigenvalue weighted by Crippen LogP contribution is 2.10. The van der Waals surface area contributed by atoms with E-state index in [4.69, 9.17) is 21.1 Å². The van der Waals surface area contributed by atoms with Crippen LogP contribution in [0.2, 0.25) is 0 Å². The number of carboxylic acid groups (broad SMARTS) is 2. The standard InChI is InChI=1S/C12H26O.C5H9NO4.ClH/c1-2-3-4-5-6-7-8-9-10-11-12-13;6-3(5(9)10)1-2-4(7)8;/h13H,2-12H2,1H3;3H,1-2,6H2,(H,7,8)(H,9,10);1H/t;3-;/m.0./s1. The summed E-state index contributed by atoms with van der Waals surface area (Å²) >= 11 is 0. The molecule has 0 aliphatic carbocycles. The van der Waals surface area contributed by atoms with Crippen LogP contribution < -0.4 is 5.73 Å². The quantitative estimate of drug-likeness (QED) is 0.347. The molecule has 0 unspecified atom stereocenters. The van der Waals surface area contributed by atoms with Gasteiger partial charge in [-0.1, -0.05) is 64.7 Å². The van der Waals surface area contributed by atoms with Crippen molar-refractivity contribution >= 4 is 24.3 Å². The lowest BCUT2D eigenvalue weighted by molar-refractivity contribution is -0.139. The maximum atomic E-state index is 9.99. The minimum Gasteiger partial charge on any atom is -0.481 e. The predicted molar refractivity (Wildman–Crippen MR) is 98.7 cm³/mol. The van der Waals surface area contributed by atoms with Crippen LogP contribution in [0.4, 0.5) is 0 Å². The van der Waals surface area contributed by atoms with Gasteiger partial charge in [0.15, 0.2) is 0 Å². The third-order valence-electron chi connectivity index (χ3n) is 3.50. The Labute approximate surface area is 152 Å². The molecule has 0 amide bonds. The van der Waals surface area contributed by atoms with Crippen molar-refractivity contribution in [2.24, 2.45) is 5.73 Å². The average Bonchev–Trinajstić information content (AvgIpc) is 2.51. The van der Waals surface area contributed by atoms with E-state index in [1.165, 1.54) is 57.8 Å². The van der Waals surface area contributed by atoms with E-state index in [1.54, 1.807) is 0 Å². The first-order valence-electron chi connectivity index (χ1n) is 8.76. The van der Waals surface area contributed by atoms with Gasteiger partial charge in [-0.05, 0) is 12.8 Å². The Morgan fingerprint density at radius 2 is 1.29 bits per heavy atom. The van der Waals surface area contributed by atoms with Crippen molar-refractivity contribution in [2.45, 2.75) is 90.0 Å². The van der Waals surface area contributed by atoms with E-state index >= 15 is 0 Å². The van der Waals surface area contributed by atoms with E-state index in [1.807, 2.05) is 0 Å². The maximum absolute atomic E-state index is 9.99. The van der Waals surface area contributed by atoms with Crippen molar-refractivity contribution < 1.29 is 24.9 Å². The molecule has 0 aliphatic rings. The Hall–Kier alpha value is -0.850. The number of rotatable bonds is 14. The summed E-state index contributed by atoms with van der Waals surface area (Å²) in [5.41, 5.74) is 5.00. The average molecular weight is 370 g/mol. The topological polar surface area (TPSA) is 121 Å². The highest BCUT2D eigenvalue weighted by molar-refractivity contribution is 5.85. The fraction of sp³-hybridized carbons (Fsp3) is 0.882. The van der Waals surface area contributed by atoms with Crippen molar-refractivity contribution in [3.8, 4) is 0 Å². The zero-order valence-corrected chi connectivity index (χ0v) is 15.7. The lowest BCUT2D eigenvalue weighted by Crippen LogP contribution is -2.30. The molecule has 146 valence electrons. The minimum atomic E-state index is -1.17. The van der Waals surface area contributed by atoms with Crippen LogP contribution in [-0.2, 0) is 9.59 Å². The third-order valence-corrected chi connectivity index (χ3v) is 3.50. The number of aliphatic carboxylic acids is 2. The summed E-state index contributed by atoms with van der Waals surface area (Å²) in [5.74, 6) is -2.20. The Morgan fingerprint density at radius 1 is 0.875 bits per heavy atom. The fourth-order valence-electron chi connectivity index (χ4n) is 2.00. The van der Waals surface area contributed by atoms with Crippen LogP contribution in [-0.4, -0.2) is 39.9 Å². The lowest BCUT2D eigenvalue weighted by atomic mass is 10.1. The van der Waals surface area contributed by atoms with Gasteiger partial charge in [0.25, 0.3) is 0 Å². The number of nitrogens with two attached hydrogens (primary N) is 1. The second kappa shape index (κ2) is 22.1. The number of hydrogen-bond donors (Lipinski definition) is 4. The molecule has 0 saturated carbocycles. The number of unbranched alkanes of at least 4 members (excludes halogenated alkanes) is 9. The third kappa shape index (κ3) is 26.1. The Bertz CT molecular complexity index is 280. The first kappa shape index (κ1) is 28.0. The van der Waals surface area contributed by atoms with Crippen molar-refractivity contribution in [1.82, 2.24) is 0 Å². The molecule has 0 aromatic heterocycles. The van der Waals surface area contributed by atoms with Crippen molar-refractivity contribution in [3.63, 3.8) is 0 Å². The molecule has 24 heavy (non-hydrogen) atoms. The molecular formula is C17H36ClNO5. The van der Waals surface area contributed by atoms with Gasteiger partial charge in [-0.15, -0.1) is 12.4 Å². The summed E-state index contributed by atoms with van der Waals surface area (Å²) in [6.07, 6.45) is 13.1. The molecule has 0 heterocycles. The number of halogens is 1. The second-order valence-corrected chi connectivity index (χ2v) is 5.78. The Balaban J connectivity index is -0.000000364. The SMILES string of the molecule is CCCCCCCCCCCCO.Cl.N[C@@H](CCC(=O)O)C(=O)O. The van der Waals surface area contributed by atoms with E-state index in [0.29, 0.717) is 6.61 Å². The summed E-state index contributed by atoms with van der Waals surface area (Å²) in [5, 5.41) is 24.8. The molecule has 0 bridgehead atoms. The normalized spacial score (nSPS) is 11.0. The molecule has 0 radical (unpaired) electrons. The summed E-state index contributed by atoms with van der Waals surface area (Å²) in [7, 11) is 0. The molecule has 1 atom stereocenters. The van der Waals surface area contributed by atoms with Crippen LogP contribution in [0.5, 0.6) is 0 Å². The van der Waals surface area contributed by atoms with E-state index < -0.39 is 18.0 Å². The molecule has 0 spiro atoms. The van der Waals surface area contributed by atoms with Gasteiger partial charge in [0.1, 0.15) is 6.04 Å². The zero-order chi connectivity index (χ0) is 17.9. The molecule has 0 rings (SSSR count). The Kier molecular flexibility index (Phi) is 25.8. The maximum Gasteiger partial charge on any atom is 0.320 e. The zero-order valence-electron chi connectivity index (χ0n) is 14.9. The van der Waals surface area contributed by atoms with Crippen LogP contribution in [0.3, 0.4) is 0 Å². The van der Waals surface area contributed by atoms with Crippen LogP contribution >= 0.6 is 12.4 Å². The van der Waals surface area contributed by atoms with E-state index in [9.17, 15) is 9.59 Å². The molecule has 0 aliphatic heterocycles. The number of hydrogen-bond acceptors (Lipinski definition) is 4. The lowest BCUT2D eigenvalue weighted by Gasteiger charge is -2.01. The molecule has 7 heteroatoms. The summed E-state index contributed by atoms with van der Waals surface area (Å²) in [6.45, 7) is 2.63. The van der Waals surface area contributed by atoms with Crippen molar-refractivity contribution in [3.05, 3.63) is 0 Å². The Morgan fingerprint density at radius 3 is 1.62 bits per heavy atom. The molecule has 0 saturated heterocycles. The summed E-state index contributed by atoms with van der Waals surface area (Å²) in [6, 6.07) is -1.06. The van der Waals surface area contributed by atoms with Gasteiger partial charge in [-0.3, -0.25) is 9.59 Å². The monoisotopic (exact) mass is 369 g/mol. The largest absolute Gasteiger partial charge is 0.481 e. The summed E-state index contributed by atoms with van der Waals surface area (Å²) < 4.78 is 0. The van der Waals surface area contributed by atoms with Crippen LogP contribution in [0, 0.1) is 0 Å². The van der Waals surface area contributed by atoms with E-state index in [-0.39, 0.29) is 25.2 Å². The van der Waals surface area contributed by atoms with Gasteiger partial charge in [0.2, 0.25) is 0 Å². The molecule has 0 aromatic carbocycles. The van der Waals surface area contributed by atoms with Crippen LogP contribution in [0.25, 0.3) is 0 Å². The molecule has 6 nitrogen and oxygen atoms in total. The number of aliphatic hydroxyl groups is 1. The van der Waals surface area contributed by atoms with Gasteiger partial charge in [-0.25, -0.2) is 0 Å². The first-order chi connectivity index (χ1) is 11.0. The van der Waals surface area contributed by atoms with Gasteiger partial charge < -0.3 is 21.1 Å². The smallest absolute Gasteiger partial charge is 0.320 e. The second-order valence-electron chi connectivity index (χ2n) is 5.78. The molecule has 5 N–H and O–H groups in total. The minimum absolute atomic E-state index is 0. The molecule has 0 fully saturated rings. The number of carboxylic acids is 2. The highest BCUT2D eigenvalue weighted by Gasteiger charge is 2.12.